The van der Waals surface area contributed by atoms with E-state index in [0.29, 0.717) is 0 Å². The van der Waals surface area contributed by atoms with Crippen LogP contribution >= 0.6 is 0 Å². The number of pyridine rings is 1. The van der Waals surface area contributed by atoms with Crippen molar-refractivity contribution in [3.8, 4) is 5.75 Å². The Morgan fingerprint density at radius 1 is 1.54 bits per heavy atom. The fourth-order valence-corrected chi connectivity index (χ4v) is 0.650. The van der Waals surface area contributed by atoms with E-state index in [1.807, 2.05) is 0 Å². The summed E-state index contributed by atoms with van der Waals surface area (Å²) in [5.41, 5.74) is 8.00. The average Bonchev–Trinajstić information content (AvgIpc) is 2.08. The first kappa shape index (κ1) is 9.21. The zero-order valence-corrected chi connectivity index (χ0v) is 6.26. The zero-order chi connectivity index (χ0) is 9.68. The van der Waals surface area contributed by atoms with Crippen LogP contribution in [0.5, 0.6) is 5.75 Å². The summed E-state index contributed by atoms with van der Waals surface area (Å²) in [7, 11) is 0. The molecule has 0 N–H and O–H groups in total. The summed E-state index contributed by atoms with van der Waals surface area (Å²) in [5, 5.41) is 3.15. The fourth-order valence-electron chi connectivity index (χ4n) is 0.650. The lowest BCUT2D eigenvalue weighted by atomic mass is 10.4. The van der Waals surface area contributed by atoms with E-state index in [0.717, 1.165) is 6.20 Å². The van der Waals surface area contributed by atoms with Crippen LogP contribution in [-0.4, -0.2) is 11.6 Å². The molecule has 1 aromatic heterocycles. The first-order valence-electron chi connectivity index (χ1n) is 3.18. The fraction of sp³-hybridized carbons (Fsp3) is 0.167. The lowest BCUT2D eigenvalue weighted by Crippen LogP contribution is -2.01. The second kappa shape index (κ2) is 4.22. The van der Waals surface area contributed by atoms with Crippen molar-refractivity contribution in [3.63, 3.8) is 0 Å². The van der Waals surface area contributed by atoms with Gasteiger partial charge in [0.1, 0.15) is 11.6 Å². The van der Waals surface area contributed by atoms with E-state index in [4.69, 9.17) is 5.53 Å². The van der Waals surface area contributed by atoms with Crippen LogP contribution < -0.4 is 4.74 Å². The number of aromatic nitrogens is 1. The lowest BCUT2D eigenvalue weighted by Gasteiger charge is -2.02. The molecule has 0 radical (unpaired) electrons. The van der Waals surface area contributed by atoms with Crippen LogP contribution in [0.4, 0.5) is 14.6 Å². The number of ether oxygens (including phenoxy) is 1. The molecule has 0 aliphatic heterocycles. The summed E-state index contributed by atoms with van der Waals surface area (Å²) in [6.45, 7) is -2.88. The van der Waals surface area contributed by atoms with Crippen LogP contribution in [-0.2, 0) is 0 Å². The number of rotatable bonds is 3. The summed E-state index contributed by atoms with van der Waals surface area (Å²) in [6.07, 6.45) is 1.05. The Morgan fingerprint density at radius 2 is 2.31 bits per heavy atom. The van der Waals surface area contributed by atoms with Crippen LogP contribution in [0.15, 0.2) is 23.4 Å². The second-order valence-corrected chi connectivity index (χ2v) is 1.92. The Labute approximate surface area is 71.6 Å². The van der Waals surface area contributed by atoms with E-state index >= 15 is 0 Å². The van der Waals surface area contributed by atoms with Crippen molar-refractivity contribution in [2.45, 2.75) is 6.61 Å². The Morgan fingerprint density at radius 3 is 2.77 bits per heavy atom. The Balaban J connectivity index is 2.75. The van der Waals surface area contributed by atoms with Gasteiger partial charge >= 0.3 is 6.61 Å². The van der Waals surface area contributed by atoms with Gasteiger partial charge in [0.2, 0.25) is 0 Å². The molecule has 0 fully saturated rings. The smallest absolute Gasteiger partial charge is 0.387 e. The molecule has 1 rings (SSSR count). The van der Waals surface area contributed by atoms with Crippen LogP contribution in [0.1, 0.15) is 0 Å². The third kappa shape index (κ3) is 2.92. The molecule has 0 saturated carbocycles. The van der Waals surface area contributed by atoms with Gasteiger partial charge in [0.25, 0.3) is 0 Å². The normalized spacial score (nSPS) is 9.46. The largest absolute Gasteiger partial charge is 0.433 e. The van der Waals surface area contributed by atoms with E-state index in [9.17, 15) is 8.78 Å². The molecule has 0 amide bonds. The van der Waals surface area contributed by atoms with Crippen molar-refractivity contribution in [3.05, 3.63) is 28.8 Å². The quantitative estimate of drug-likeness (QED) is 0.413. The minimum atomic E-state index is -2.88. The van der Waals surface area contributed by atoms with Crippen molar-refractivity contribution >= 4 is 5.82 Å². The molecule has 0 aliphatic carbocycles. The summed E-state index contributed by atoms with van der Waals surface area (Å²) in [4.78, 5) is 6.01. The predicted octanol–water partition coefficient (Wildman–Crippen LogP) is 2.62. The Hall–Kier alpha value is -1.88. The number of nitrogens with zero attached hydrogens (tertiary/aromatic N) is 4. The average molecular weight is 186 g/mol. The van der Waals surface area contributed by atoms with Gasteiger partial charge in [-0.15, -0.1) is 0 Å². The van der Waals surface area contributed by atoms with Gasteiger partial charge in [0.15, 0.2) is 0 Å². The third-order valence-electron chi connectivity index (χ3n) is 1.09. The van der Waals surface area contributed by atoms with Crippen molar-refractivity contribution < 1.29 is 13.5 Å². The highest BCUT2D eigenvalue weighted by atomic mass is 19.3. The monoisotopic (exact) mass is 186 g/mol. The zero-order valence-electron chi connectivity index (χ0n) is 6.26. The molecule has 0 spiro atoms. The highest BCUT2D eigenvalue weighted by Crippen LogP contribution is 2.16. The van der Waals surface area contributed by atoms with E-state index < -0.39 is 6.61 Å². The van der Waals surface area contributed by atoms with Gasteiger partial charge in [0.05, 0.1) is 6.20 Å². The van der Waals surface area contributed by atoms with Gasteiger partial charge in [-0.3, -0.25) is 4.98 Å². The van der Waals surface area contributed by atoms with Crippen LogP contribution in [0.2, 0.25) is 0 Å². The van der Waals surface area contributed by atoms with Crippen molar-refractivity contribution in [1.29, 1.82) is 0 Å². The van der Waals surface area contributed by atoms with Gasteiger partial charge in [-0.1, -0.05) is 0 Å². The van der Waals surface area contributed by atoms with Crippen molar-refractivity contribution in [2.24, 2.45) is 5.11 Å². The topological polar surface area (TPSA) is 70.9 Å². The number of halogens is 2. The van der Waals surface area contributed by atoms with E-state index in [1.54, 1.807) is 0 Å². The molecule has 68 valence electrons. The van der Waals surface area contributed by atoms with Crippen molar-refractivity contribution in [1.82, 2.24) is 4.98 Å². The van der Waals surface area contributed by atoms with Gasteiger partial charge in [-0.05, 0) is 22.8 Å². The summed E-state index contributed by atoms with van der Waals surface area (Å²) in [5.74, 6) is 0.0241. The van der Waals surface area contributed by atoms with Crippen molar-refractivity contribution in [2.75, 3.05) is 0 Å². The Kier molecular flexibility index (Phi) is 2.99. The molecule has 0 atom stereocenters. The molecule has 0 bridgehead atoms. The SMILES string of the molecule is [N-]=[N+]=Nc1ccc(OC(F)F)cn1. The molecule has 0 aliphatic rings. The van der Waals surface area contributed by atoms with Gasteiger partial charge in [-0.25, -0.2) is 0 Å². The molecular weight excluding hydrogens is 182 g/mol. The standard InChI is InChI=1S/C6H4F2N4O/c7-6(8)13-4-1-2-5(10-3-4)11-12-9/h1-3,6H. The maximum Gasteiger partial charge on any atom is 0.387 e. The number of alkyl halides is 2. The van der Waals surface area contributed by atoms with Gasteiger partial charge in [0, 0.05) is 4.91 Å². The van der Waals surface area contributed by atoms with E-state index in [-0.39, 0.29) is 11.6 Å². The molecule has 5 nitrogen and oxygen atoms in total. The first-order valence-corrected chi connectivity index (χ1v) is 3.18. The van der Waals surface area contributed by atoms with Gasteiger partial charge in [-0.2, -0.15) is 8.78 Å². The van der Waals surface area contributed by atoms with Crippen LogP contribution in [0, 0.1) is 0 Å². The second-order valence-electron chi connectivity index (χ2n) is 1.92. The highest BCUT2D eigenvalue weighted by Gasteiger charge is 2.03. The van der Waals surface area contributed by atoms with E-state index in [1.165, 1.54) is 12.1 Å². The maximum absolute atomic E-state index is 11.6. The number of azide groups is 1. The highest BCUT2D eigenvalue weighted by molar-refractivity contribution is 5.31. The van der Waals surface area contributed by atoms with Gasteiger partial charge < -0.3 is 4.74 Å². The molecule has 1 aromatic rings. The molecule has 13 heavy (non-hydrogen) atoms. The third-order valence-corrected chi connectivity index (χ3v) is 1.09. The number of hydrogen-bond acceptors (Lipinski definition) is 3. The molecule has 1 heterocycles. The molecular formula is C6H4F2N4O. The summed E-state index contributed by atoms with van der Waals surface area (Å²) in [6, 6.07) is 2.51. The van der Waals surface area contributed by atoms with Crippen LogP contribution in [0.25, 0.3) is 10.4 Å². The molecule has 0 aromatic carbocycles. The van der Waals surface area contributed by atoms with Crippen LogP contribution in [0.3, 0.4) is 0 Å². The minimum Gasteiger partial charge on any atom is -0.433 e. The molecule has 0 saturated heterocycles. The number of hydrogen-bond donors (Lipinski definition) is 0. The Bertz CT molecular complexity index is 320. The summed E-state index contributed by atoms with van der Waals surface area (Å²) >= 11 is 0. The first-order chi connectivity index (χ1) is 6.22. The van der Waals surface area contributed by atoms with E-state index in [2.05, 4.69) is 19.7 Å². The maximum atomic E-state index is 11.6. The molecule has 7 heteroatoms. The lowest BCUT2D eigenvalue weighted by molar-refractivity contribution is -0.0500. The predicted molar refractivity (Wildman–Crippen MR) is 39.7 cm³/mol. The molecule has 0 unspecified atom stereocenters. The summed E-state index contributed by atoms with van der Waals surface area (Å²) < 4.78 is 27.3. The minimum absolute atomic E-state index is 0.0770.